The summed E-state index contributed by atoms with van der Waals surface area (Å²) in [6.07, 6.45) is 0. The van der Waals surface area contributed by atoms with Crippen LogP contribution in [0, 0.1) is 22.7 Å². The monoisotopic (exact) mass is 679 g/mol. The normalized spacial score (nSPS) is 10.6. The third-order valence-electron chi connectivity index (χ3n) is 8.89. The quantitative estimate of drug-likeness (QED) is 0.159. The van der Waals surface area contributed by atoms with E-state index in [0.29, 0.717) is 40.1 Å². The average molecular weight is 680 g/mol. The summed E-state index contributed by atoms with van der Waals surface area (Å²) in [5, 5.41) is 19.7. The van der Waals surface area contributed by atoms with Gasteiger partial charge in [0.25, 0.3) is 0 Å². The van der Waals surface area contributed by atoms with Crippen molar-refractivity contribution >= 4 is 0 Å². The first-order valence-corrected chi connectivity index (χ1v) is 17.0. The van der Waals surface area contributed by atoms with Crippen LogP contribution in [0.3, 0.4) is 0 Å². The van der Waals surface area contributed by atoms with Crippen molar-refractivity contribution in [2.45, 2.75) is 0 Å². The van der Waals surface area contributed by atoms with Crippen LogP contribution in [0.4, 0.5) is 0 Å². The zero-order valence-corrected chi connectivity index (χ0v) is 28.4. The number of nitriles is 2. The topological polar surface area (TPSA) is 95.5 Å². The minimum Gasteiger partial charge on any atom is -0.457 e. The fourth-order valence-electron chi connectivity index (χ4n) is 6.23. The molecule has 53 heavy (non-hydrogen) atoms. The van der Waals surface area contributed by atoms with E-state index < -0.39 is 0 Å². The van der Waals surface area contributed by atoms with Crippen LogP contribution in [0.5, 0.6) is 11.5 Å². The molecule has 0 amide bonds. The third-order valence-corrected chi connectivity index (χ3v) is 8.89. The minimum atomic E-state index is 0.574. The highest BCUT2D eigenvalue weighted by Crippen LogP contribution is 2.36. The minimum absolute atomic E-state index is 0.574. The average Bonchev–Trinajstić information content (AvgIpc) is 3.24. The summed E-state index contributed by atoms with van der Waals surface area (Å²) in [6, 6.07) is 61.4. The number of aromatic nitrogens is 3. The molecule has 0 spiro atoms. The number of nitrogens with zero attached hydrogens (tertiary/aromatic N) is 5. The lowest BCUT2D eigenvalue weighted by Gasteiger charge is -2.13. The van der Waals surface area contributed by atoms with Crippen molar-refractivity contribution in [2.24, 2.45) is 0 Å². The molecule has 0 saturated carbocycles. The van der Waals surface area contributed by atoms with Crippen LogP contribution in [0.1, 0.15) is 11.1 Å². The Labute approximate surface area is 307 Å². The molecule has 0 N–H and O–H groups in total. The molecule has 6 heteroatoms. The molecule has 1 aromatic heterocycles. The predicted octanol–water partition coefficient (Wildman–Crippen LogP) is 11.4. The maximum atomic E-state index is 9.85. The molecule has 0 bridgehead atoms. The summed E-state index contributed by atoms with van der Waals surface area (Å²) in [5.41, 5.74) is 9.23. The fraction of sp³-hybridized carbons (Fsp3) is 0. The molecule has 7 aromatic carbocycles. The van der Waals surface area contributed by atoms with Gasteiger partial charge in [-0.15, -0.1) is 0 Å². The van der Waals surface area contributed by atoms with Gasteiger partial charge in [0.1, 0.15) is 11.5 Å². The van der Waals surface area contributed by atoms with Crippen LogP contribution in [0.15, 0.2) is 176 Å². The van der Waals surface area contributed by atoms with Gasteiger partial charge in [0.2, 0.25) is 0 Å². The van der Waals surface area contributed by atoms with E-state index in [0.717, 1.165) is 50.1 Å². The Hall–Kier alpha value is -7.67. The van der Waals surface area contributed by atoms with Crippen molar-refractivity contribution in [3.05, 3.63) is 187 Å². The lowest BCUT2D eigenvalue weighted by Crippen LogP contribution is -2.00. The van der Waals surface area contributed by atoms with E-state index in [1.165, 1.54) is 0 Å². The molecular weight excluding hydrogens is 651 g/mol. The van der Waals surface area contributed by atoms with Gasteiger partial charge in [-0.2, -0.15) is 10.5 Å². The van der Waals surface area contributed by atoms with Gasteiger partial charge >= 0.3 is 0 Å². The van der Waals surface area contributed by atoms with Crippen molar-refractivity contribution in [2.75, 3.05) is 0 Å². The molecule has 0 atom stereocenters. The van der Waals surface area contributed by atoms with E-state index in [1.807, 2.05) is 164 Å². The molecule has 1 heterocycles. The van der Waals surface area contributed by atoms with Crippen LogP contribution < -0.4 is 4.74 Å². The summed E-state index contributed by atoms with van der Waals surface area (Å²) >= 11 is 0. The Balaban J connectivity index is 1.08. The van der Waals surface area contributed by atoms with Crippen LogP contribution in [0.25, 0.3) is 67.5 Å². The molecule has 248 valence electrons. The first-order valence-electron chi connectivity index (χ1n) is 17.0. The smallest absolute Gasteiger partial charge is 0.164 e. The van der Waals surface area contributed by atoms with E-state index in [2.05, 4.69) is 24.3 Å². The van der Waals surface area contributed by atoms with Crippen LogP contribution in [-0.4, -0.2) is 15.0 Å². The van der Waals surface area contributed by atoms with E-state index in [1.54, 1.807) is 0 Å². The van der Waals surface area contributed by atoms with Crippen molar-refractivity contribution in [3.63, 3.8) is 0 Å². The van der Waals surface area contributed by atoms with E-state index in [9.17, 15) is 10.5 Å². The Morgan fingerprint density at radius 2 is 0.698 bits per heavy atom. The maximum Gasteiger partial charge on any atom is 0.164 e. The van der Waals surface area contributed by atoms with Gasteiger partial charge in [0, 0.05) is 16.7 Å². The highest BCUT2D eigenvalue weighted by Gasteiger charge is 2.14. The number of rotatable bonds is 8. The van der Waals surface area contributed by atoms with Crippen molar-refractivity contribution < 1.29 is 4.74 Å². The van der Waals surface area contributed by atoms with Gasteiger partial charge in [-0.1, -0.05) is 109 Å². The number of benzene rings is 7. The van der Waals surface area contributed by atoms with Gasteiger partial charge < -0.3 is 4.74 Å². The van der Waals surface area contributed by atoms with Crippen LogP contribution >= 0.6 is 0 Å². The molecule has 0 aliphatic heterocycles. The summed E-state index contributed by atoms with van der Waals surface area (Å²) in [6.45, 7) is 0. The molecule has 8 rings (SSSR count). The van der Waals surface area contributed by atoms with Gasteiger partial charge in [-0.05, 0) is 100 Å². The number of hydrogen-bond acceptors (Lipinski definition) is 6. The molecule has 0 unspecified atom stereocenters. The molecule has 0 aliphatic rings. The van der Waals surface area contributed by atoms with E-state index >= 15 is 0 Å². The highest BCUT2D eigenvalue weighted by atomic mass is 16.5. The van der Waals surface area contributed by atoms with Crippen molar-refractivity contribution in [1.29, 1.82) is 10.5 Å². The maximum absolute atomic E-state index is 9.85. The Kier molecular flexibility index (Phi) is 9.00. The lowest BCUT2D eigenvalue weighted by molar-refractivity contribution is 0.483. The fourth-order valence-corrected chi connectivity index (χ4v) is 6.23. The Morgan fingerprint density at radius 3 is 1.13 bits per heavy atom. The molecule has 0 radical (unpaired) electrons. The summed E-state index contributed by atoms with van der Waals surface area (Å²) < 4.78 is 6.27. The first kappa shape index (κ1) is 32.5. The van der Waals surface area contributed by atoms with E-state index in [4.69, 9.17) is 19.7 Å². The van der Waals surface area contributed by atoms with Crippen molar-refractivity contribution in [3.8, 4) is 91.2 Å². The van der Waals surface area contributed by atoms with Gasteiger partial charge in [-0.25, -0.2) is 15.0 Å². The van der Waals surface area contributed by atoms with Gasteiger partial charge in [-0.3, -0.25) is 0 Å². The zero-order valence-electron chi connectivity index (χ0n) is 28.4. The van der Waals surface area contributed by atoms with Crippen LogP contribution in [-0.2, 0) is 0 Å². The first-order chi connectivity index (χ1) is 26.1. The Bertz CT molecular complexity index is 2510. The SMILES string of the molecule is N#Cc1ccccc1-c1cc(-c2ccc(Oc3ccc(-c4nc(-c5ccccc5)nc(-c5ccccc5)n4)cc3)cc2)cc(-c2ccccc2C#N)c1. The molecule has 0 fully saturated rings. The summed E-state index contributed by atoms with van der Waals surface area (Å²) in [4.78, 5) is 14.4. The number of ether oxygens (including phenoxy) is 1. The van der Waals surface area contributed by atoms with Crippen LogP contribution in [0.2, 0.25) is 0 Å². The zero-order chi connectivity index (χ0) is 36.0. The summed E-state index contributed by atoms with van der Waals surface area (Å²) in [7, 11) is 0. The van der Waals surface area contributed by atoms with Gasteiger partial charge in [0.15, 0.2) is 17.5 Å². The third kappa shape index (κ3) is 7.03. The van der Waals surface area contributed by atoms with E-state index in [-0.39, 0.29) is 0 Å². The second kappa shape index (κ2) is 14.7. The highest BCUT2D eigenvalue weighted by molar-refractivity contribution is 5.84. The lowest BCUT2D eigenvalue weighted by atomic mass is 9.90. The second-order valence-electron chi connectivity index (χ2n) is 12.3. The number of hydrogen-bond donors (Lipinski definition) is 0. The standard InChI is InChI=1S/C47H29N5O/c48-30-36-15-7-9-17-43(36)39-27-38(28-40(29-39)44-18-10-8-16-37(44)31-49)32-19-23-41(24-20-32)53-42-25-21-35(22-26-42)47-51-45(33-11-3-1-4-12-33)50-46(52-47)34-13-5-2-6-14-34/h1-29H. The second-order valence-corrected chi connectivity index (χ2v) is 12.3. The van der Waals surface area contributed by atoms with Gasteiger partial charge in [0.05, 0.1) is 23.3 Å². The van der Waals surface area contributed by atoms with Crippen molar-refractivity contribution in [1.82, 2.24) is 15.0 Å². The largest absolute Gasteiger partial charge is 0.457 e. The summed E-state index contributed by atoms with van der Waals surface area (Å²) in [5.74, 6) is 3.14. The molecular formula is C47H29N5O. The molecule has 8 aromatic rings. The molecule has 0 aliphatic carbocycles. The Morgan fingerprint density at radius 1 is 0.340 bits per heavy atom. The molecule has 6 nitrogen and oxygen atoms in total. The molecule has 0 saturated heterocycles. The predicted molar refractivity (Wildman–Crippen MR) is 208 cm³/mol.